The molecule has 0 amide bonds. The molecule has 0 unspecified atom stereocenters. The Hall–Kier alpha value is -6.42. The summed E-state index contributed by atoms with van der Waals surface area (Å²) in [6.07, 6.45) is 0. The molecule has 0 aliphatic carbocycles. The highest BCUT2D eigenvalue weighted by atomic mass is 28.3. The Morgan fingerprint density at radius 3 is 1.38 bits per heavy atom. The normalized spacial score (nSPS) is 12.9. The SMILES string of the molecule is C[Si]1(C)c2c(-c3ccccc3)nc(-c3cccc(-c4cccc(-c5ccc(-c6ccccc6)cc5)c4)c3)nc2-c2c1c1ccccc1c1ccccc21. The molecule has 0 radical (unpaired) electrons. The van der Waals surface area contributed by atoms with Crippen molar-refractivity contribution in [3.63, 3.8) is 0 Å². The van der Waals surface area contributed by atoms with Crippen LogP contribution in [0.25, 0.3) is 88.8 Å². The van der Waals surface area contributed by atoms with Crippen LogP contribution in [0.1, 0.15) is 0 Å². The molecule has 8 aromatic carbocycles. The highest BCUT2D eigenvalue weighted by Crippen LogP contribution is 2.41. The van der Waals surface area contributed by atoms with Crippen molar-refractivity contribution < 1.29 is 0 Å². The van der Waals surface area contributed by atoms with Gasteiger partial charge in [0.2, 0.25) is 0 Å². The van der Waals surface area contributed by atoms with Crippen LogP contribution in [0.4, 0.5) is 0 Å². The van der Waals surface area contributed by atoms with E-state index < -0.39 is 8.07 Å². The number of nitrogens with zero attached hydrogens (tertiary/aromatic N) is 2. The van der Waals surface area contributed by atoms with E-state index in [9.17, 15) is 0 Å². The Kier molecular flexibility index (Phi) is 7.31. The first-order chi connectivity index (χ1) is 26.0. The molecule has 0 fully saturated rings. The van der Waals surface area contributed by atoms with Crippen molar-refractivity contribution in [3.05, 3.63) is 182 Å². The molecule has 10 rings (SSSR count). The van der Waals surface area contributed by atoms with Gasteiger partial charge in [0.15, 0.2) is 5.82 Å². The molecule has 0 spiro atoms. The van der Waals surface area contributed by atoms with Crippen molar-refractivity contribution in [3.8, 4) is 67.3 Å². The number of hydrogen-bond acceptors (Lipinski definition) is 2. The van der Waals surface area contributed by atoms with E-state index in [1.54, 1.807) is 0 Å². The molecule has 2 heterocycles. The molecule has 0 saturated heterocycles. The minimum atomic E-state index is -2.26. The van der Waals surface area contributed by atoms with Gasteiger partial charge in [-0.15, -0.1) is 0 Å². The standard InChI is InChI=1S/C50H36N2Si/c1-53(2)48-44-26-12-10-24-42(44)41-23-9-11-25-43(41)45(48)47-49(53)46(36-17-7-4-8-18-36)51-50(52-47)40-22-14-21-39(32-40)38-20-13-19-37(31-38)35-29-27-34(28-30-35)33-15-5-3-6-16-33/h3-32H,1-2H3. The summed E-state index contributed by atoms with van der Waals surface area (Å²) >= 11 is 0. The van der Waals surface area contributed by atoms with Crippen LogP contribution in [0.15, 0.2) is 182 Å². The van der Waals surface area contributed by atoms with Crippen LogP contribution in [0.3, 0.4) is 0 Å². The van der Waals surface area contributed by atoms with Crippen LogP contribution in [0.5, 0.6) is 0 Å². The van der Waals surface area contributed by atoms with E-state index in [0.717, 1.165) is 39.5 Å². The van der Waals surface area contributed by atoms with Gasteiger partial charge in [-0.3, -0.25) is 0 Å². The van der Waals surface area contributed by atoms with E-state index in [-0.39, 0.29) is 0 Å². The molecule has 0 N–H and O–H groups in total. The molecule has 9 aromatic rings. The molecule has 1 aliphatic rings. The second-order valence-electron chi connectivity index (χ2n) is 14.6. The summed E-state index contributed by atoms with van der Waals surface area (Å²) in [5.41, 5.74) is 12.7. The summed E-state index contributed by atoms with van der Waals surface area (Å²) in [6, 6.07) is 65.5. The Morgan fingerprint density at radius 1 is 0.321 bits per heavy atom. The average molecular weight is 693 g/mol. The highest BCUT2D eigenvalue weighted by Gasteiger charge is 2.44. The fourth-order valence-corrected chi connectivity index (χ4v) is 12.1. The topological polar surface area (TPSA) is 25.8 Å². The van der Waals surface area contributed by atoms with Crippen LogP contribution >= 0.6 is 0 Å². The van der Waals surface area contributed by atoms with Gasteiger partial charge in [0.25, 0.3) is 0 Å². The predicted molar refractivity (Wildman–Crippen MR) is 226 cm³/mol. The van der Waals surface area contributed by atoms with Crippen LogP contribution in [0.2, 0.25) is 13.1 Å². The van der Waals surface area contributed by atoms with Crippen LogP contribution in [0, 0.1) is 0 Å². The number of benzene rings is 8. The van der Waals surface area contributed by atoms with Crippen LogP contribution in [-0.2, 0) is 0 Å². The lowest BCUT2D eigenvalue weighted by Gasteiger charge is -2.23. The highest BCUT2D eigenvalue weighted by molar-refractivity contribution is 7.06. The van der Waals surface area contributed by atoms with Gasteiger partial charge >= 0.3 is 0 Å². The molecule has 0 saturated carbocycles. The van der Waals surface area contributed by atoms with Gasteiger partial charge in [0.05, 0.1) is 11.4 Å². The average Bonchev–Trinajstić information content (AvgIpc) is 3.48. The lowest BCUT2D eigenvalue weighted by atomic mass is 9.94. The van der Waals surface area contributed by atoms with E-state index in [1.807, 2.05) is 0 Å². The summed E-state index contributed by atoms with van der Waals surface area (Å²) in [7, 11) is -2.26. The molecule has 53 heavy (non-hydrogen) atoms. The zero-order valence-corrected chi connectivity index (χ0v) is 30.7. The van der Waals surface area contributed by atoms with Gasteiger partial charge in [-0.25, -0.2) is 9.97 Å². The van der Waals surface area contributed by atoms with Crippen molar-refractivity contribution >= 4 is 40.0 Å². The monoisotopic (exact) mass is 692 g/mol. The maximum absolute atomic E-state index is 5.56. The van der Waals surface area contributed by atoms with Crippen LogP contribution < -0.4 is 10.4 Å². The van der Waals surface area contributed by atoms with Crippen molar-refractivity contribution in [1.82, 2.24) is 9.97 Å². The first-order valence-electron chi connectivity index (χ1n) is 18.3. The van der Waals surface area contributed by atoms with E-state index >= 15 is 0 Å². The first-order valence-corrected chi connectivity index (χ1v) is 21.3. The lowest BCUT2D eigenvalue weighted by Crippen LogP contribution is -2.50. The maximum atomic E-state index is 5.56. The number of fused-ring (bicyclic) bond motifs is 8. The lowest BCUT2D eigenvalue weighted by molar-refractivity contribution is 1.20. The molecule has 0 bridgehead atoms. The first kappa shape index (κ1) is 31.3. The Morgan fingerprint density at radius 2 is 0.736 bits per heavy atom. The van der Waals surface area contributed by atoms with Gasteiger partial charge in [0.1, 0.15) is 8.07 Å². The van der Waals surface area contributed by atoms with E-state index in [2.05, 4.69) is 195 Å². The molecule has 1 aromatic heterocycles. The third-order valence-corrected chi connectivity index (χ3v) is 14.5. The van der Waals surface area contributed by atoms with Gasteiger partial charge in [0, 0.05) is 16.7 Å². The summed E-state index contributed by atoms with van der Waals surface area (Å²) in [6.45, 7) is 4.97. The molecule has 1 aliphatic heterocycles. The summed E-state index contributed by atoms with van der Waals surface area (Å²) < 4.78 is 0. The third kappa shape index (κ3) is 5.15. The summed E-state index contributed by atoms with van der Waals surface area (Å²) in [5, 5.41) is 7.99. The smallest absolute Gasteiger partial charge is 0.160 e. The minimum absolute atomic E-state index is 0.756. The van der Waals surface area contributed by atoms with E-state index in [1.165, 1.54) is 59.7 Å². The van der Waals surface area contributed by atoms with Gasteiger partial charge in [-0.05, 0) is 77.4 Å². The maximum Gasteiger partial charge on any atom is 0.160 e. The fourth-order valence-electron chi connectivity index (χ4n) is 8.53. The van der Waals surface area contributed by atoms with E-state index in [0.29, 0.717) is 0 Å². The molecular weight excluding hydrogens is 657 g/mol. The van der Waals surface area contributed by atoms with Crippen molar-refractivity contribution in [2.45, 2.75) is 13.1 Å². The van der Waals surface area contributed by atoms with E-state index in [4.69, 9.17) is 9.97 Å². The summed E-state index contributed by atoms with van der Waals surface area (Å²) in [4.78, 5) is 11.0. The molecule has 0 atom stereocenters. The fraction of sp³-hybridized carbons (Fsp3) is 0.0400. The minimum Gasteiger partial charge on any atom is -0.228 e. The van der Waals surface area contributed by atoms with Gasteiger partial charge in [-0.1, -0.05) is 183 Å². The molecule has 250 valence electrons. The van der Waals surface area contributed by atoms with Crippen molar-refractivity contribution in [2.24, 2.45) is 0 Å². The van der Waals surface area contributed by atoms with Gasteiger partial charge < -0.3 is 0 Å². The molecule has 2 nitrogen and oxygen atoms in total. The zero-order chi connectivity index (χ0) is 35.5. The van der Waals surface area contributed by atoms with Crippen molar-refractivity contribution in [2.75, 3.05) is 0 Å². The number of aromatic nitrogens is 2. The predicted octanol–water partition coefficient (Wildman–Crippen LogP) is 11.9. The largest absolute Gasteiger partial charge is 0.228 e. The summed E-state index contributed by atoms with van der Waals surface area (Å²) in [5.74, 6) is 0.756. The second-order valence-corrected chi connectivity index (χ2v) is 18.8. The second kappa shape index (κ2) is 12.4. The number of hydrogen-bond donors (Lipinski definition) is 0. The third-order valence-electron chi connectivity index (χ3n) is 11.0. The Bertz CT molecular complexity index is 2840. The Labute approximate surface area is 311 Å². The van der Waals surface area contributed by atoms with Gasteiger partial charge in [-0.2, -0.15) is 0 Å². The van der Waals surface area contributed by atoms with Crippen molar-refractivity contribution in [1.29, 1.82) is 0 Å². The molecule has 3 heteroatoms. The number of rotatable bonds is 5. The van der Waals surface area contributed by atoms with Crippen LogP contribution in [-0.4, -0.2) is 18.0 Å². The molecular formula is C50H36N2Si. The Balaban J connectivity index is 1.13. The quantitative estimate of drug-likeness (QED) is 0.133. The zero-order valence-electron chi connectivity index (χ0n) is 29.7.